The number of unbranched alkanes of at least 4 members (excludes halogenated alkanes) is 1. The molecule has 0 aliphatic carbocycles. The van der Waals surface area contributed by atoms with E-state index in [9.17, 15) is 33.6 Å². The number of nitrogens with zero attached hydrogens (tertiary/aromatic N) is 2. The SMILES string of the molecule is CCCCC(NC(=O)[C@@H]1[C@@H](C(C)C)CCN1C(=O)[C@@H](NC(=O)N[C@H](CN1C(=O)c2ccccc2C1=O)C(C)(C)C)C(C)(C)C)C(=O)C(=O)NCC. The Hall–Kier alpha value is -4.29. The average Bonchev–Trinajstić information content (AvgIpc) is 3.60. The van der Waals surface area contributed by atoms with Crippen molar-refractivity contribution in [1.29, 1.82) is 0 Å². The van der Waals surface area contributed by atoms with Crippen molar-refractivity contribution >= 4 is 41.4 Å². The van der Waals surface area contributed by atoms with Crippen LogP contribution in [-0.4, -0.2) is 95.0 Å². The molecule has 1 aromatic carbocycles. The zero-order valence-electron chi connectivity index (χ0n) is 32.0. The molecular formula is C38H58N6O7. The largest absolute Gasteiger partial charge is 0.350 e. The third-order valence-corrected chi connectivity index (χ3v) is 9.88. The van der Waals surface area contributed by atoms with Crippen molar-refractivity contribution in [1.82, 2.24) is 31.1 Å². The van der Waals surface area contributed by atoms with Gasteiger partial charge in [-0.05, 0) is 54.6 Å². The van der Waals surface area contributed by atoms with Gasteiger partial charge >= 0.3 is 6.03 Å². The number of ketones is 1. The number of Topliss-reactive ketones (excluding diaryl/α,β-unsaturated/α-hetero) is 1. The number of hydrogen-bond acceptors (Lipinski definition) is 7. The highest BCUT2D eigenvalue weighted by Crippen LogP contribution is 2.34. The van der Waals surface area contributed by atoms with Crippen molar-refractivity contribution in [2.45, 2.75) is 119 Å². The number of hydrogen-bond donors (Lipinski definition) is 4. The first-order valence-electron chi connectivity index (χ1n) is 18.2. The quantitative estimate of drug-likeness (QED) is 0.168. The number of rotatable bonds is 14. The molecule has 4 N–H and O–H groups in total. The zero-order valence-corrected chi connectivity index (χ0v) is 32.0. The predicted molar refractivity (Wildman–Crippen MR) is 194 cm³/mol. The number of likely N-dealkylation sites (tertiary alicyclic amines) is 1. The van der Waals surface area contributed by atoms with E-state index in [2.05, 4.69) is 21.3 Å². The highest BCUT2D eigenvalue weighted by Gasteiger charge is 2.48. The Balaban J connectivity index is 1.84. The minimum Gasteiger partial charge on any atom is -0.350 e. The van der Waals surface area contributed by atoms with Gasteiger partial charge in [0.1, 0.15) is 12.1 Å². The molecule has 0 radical (unpaired) electrons. The maximum atomic E-state index is 14.4. The van der Waals surface area contributed by atoms with Crippen LogP contribution in [0.15, 0.2) is 24.3 Å². The van der Waals surface area contributed by atoms with E-state index < -0.39 is 76.3 Å². The fraction of sp³-hybridized carbons (Fsp3) is 0.658. The number of fused-ring (bicyclic) bond motifs is 1. The Morgan fingerprint density at radius 2 is 1.45 bits per heavy atom. The molecule has 1 unspecified atom stereocenters. The van der Waals surface area contributed by atoms with Gasteiger partial charge in [-0.15, -0.1) is 0 Å². The van der Waals surface area contributed by atoms with Gasteiger partial charge in [0.2, 0.25) is 17.6 Å². The zero-order chi connectivity index (χ0) is 38.4. The highest BCUT2D eigenvalue weighted by molar-refractivity contribution is 6.38. The number of benzene rings is 1. The Morgan fingerprint density at radius 1 is 0.863 bits per heavy atom. The summed E-state index contributed by atoms with van der Waals surface area (Å²) in [5.74, 6) is -3.52. The van der Waals surface area contributed by atoms with Crippen LogP contribution in [0.3, 0.4) is 0 Å². The van der Waals surface area contributed by atoms with Crippen molar-refractivity contribution in [2.24, 2.45) is 22.7 Å². The fourth-order valence-corrected chi connectivity index (χ4v) is 6.71. The summed E-state index contributed by atoms with van der Waals surface area (Å²) in [5, 5.41) is 11.1. The van der Waals surface area contributed by atoms with Crippen molar-refractivity contribution in [3.05, 3.63) is 35.4 Å². The monoisotopic (exact) mass is 710 g/mol. The lowest BCUT2D eigenvalue weighted by atomic mass is 9.84. The van der Waals surface area contributed by atoms with E-state index in [1.165, 1.54) is 4.90 Å². The van der Waals surface area contributed by atoms with E-state index in [0.29, 0.717) is 24.0 Å². The summed E-state index contributed by atoms with van der Waals surface area (Å²) in [7, 11) is 0. The number of imide groups is 1. The summed E-state index contributed by atoms with van der Waals surface area (Å²) in [4.78, 5) is 96.6. The third kappa shape index (κ3) is 9.74. The maximum absolute atomic E-state index is 14.4. The van der Waals surface area contributed by atoms with Gasteiger partial charge in [-0.3, -0.25) is 33.7 Å². The Bertz CT molecular complexity index is 1460. The molecule has 5 atom stereocenters. The smallest absolute Gasteiger partial charge is 0.315 e. The van der Waals surface area contributed by atoms with Crippen molar-refractivity contribution in [3.8, 4) is 0 Å². The van der Waals surface area contributed by atoms with Crippen LogP contribution in [0.2, 0.25) is 0 Å². The van der Waals surface area contributed by atoms with E-state index >= 15 is 0 Å². The second-order valence-electron chi connectivity index (χ2n) is 16.2. The van der Waals surface area contributed by atoms with E-state index in [4.69, 9.17) is 0 Å². The molecule has 3 rings (SSSR count). The van der Waals surface area contributed by atoms with E-state index in [1.54, 1.807) is 31.2 Å². The van der Waals surface area contributed by atoms with Gasteiger partial charge in [-0.2, -0.15) is 0 Å². The number of nitrogens with one attached hydrogen (secondary N) is 4. The molecule has 2 aliphatic heterocycles. The van der Waals surface area contributed by atoms with Crippen LogP contribution < -0.4 is 21.3 Å². The molecule has 1 fully saturated rings. The fourth-order valence-electron chi connectivity index (χ4n) is 6.71. The molecule has 13 nitrogen and oxygen atoms in total. The second kappa shape index (κ2) is 16.8. The molecule has 13 heteroatoms. The minimum atomic E-state index is -1.06. The topological polar surface area (TPSA) is 174 Å². The van der Waals surface area contributed by atoms with Crippen LogP contribution in [0.4, 0.5) is 4.79 Å². The Labute approximate surface area is 302 Å². The number of urea groups is 1. The van der Waals surface area contributed by atoms with E-state index in [0.717, 1.165) is 11.3 Å². The van der Waals surface area contributed by atoms with Gasteiger partial charge in [0.25, 0.3) is 17.7 Å². The predicted octanol–water partition coefficient (Wildman–Crippen LogP) is 3.66. The van der Waals surface area contributed by atoms with Crippen molar-refractivity contribution in [3.63, 3.8) is 0 Å². The maximum Gasteiger partial charge on any atom is 0.315 e. The van der Waals surface area contributed by atoms with Gasteiger partial charge in [0.05, 0.1) is 29.8 Å². The van der Waals surface area contributed by atoms with Gasteiger partial charge in [0, 0.05) is 13.1 Å². The van der Waals surface area contributed by atoms with E-state index in [-0.39, 0.29) is 37.9 Å². The van der Waals surface area contributed by atoms with Crippen LogP contribution in [0.1, 0.15) is 116 Å². The van der Waals surface area contributed by atoms with Crippen LogP contribution in [0.5, 0.6) is 0 Å². The normalized spacial score (nSPS) is 19.4. The standard InChI is InChI=1S/C38H58N6O7/c1-11-13-18-26(29(45)32(47)39-12-2)40-31(46)28-23(22(3)4)19-20-43(28)35(50)30(38(8,9)10)42-36(51)41-27(37(5,6)7)21-44-33(48)24-16-14-15-17-25(24)34(44)49/h14-17,22-23,26-28,30H,11-13,18-21H2,1-10H3,(H,39,47)(H,40,46)(H2,41,42,51)/t23-,26?,27-,28+,30-/m1/s1. The molecule has 0 spiro atoms. The molecule has 0 bridgehead atoms. The van der Waals surface area contributed by atoms with Crippen molar-refractivity contribution < 1.29 is 33.6 Å². The van der Waals surface area contributed by atoms with Crippen LogP contribution >= 0.6 is 0 Å². The van der Waals surface area contributed by atoms with Crippen molar-refractivity contribution in [2.75, 3.05) is 19.6 Å². The number of likely N-dealkylation sites (N-methyl/N-ethyl adjacent to an activating group) is 1. The van der Waals surface area contributed by atoms with E-state index in [1.807, 2.05) is 62.3 Å². The second-order valence-corrected chi connectivity index (χ2v) is 16.2. The molecular weight excluding hydrogens is 652 g/mol. The lowest BCUT2D eigenvalue weighted by Crippen LogP contribution is -2.62. The Kier molecular flexibility index (Phi) is 13.6. The molecule has 1 aromatic rings. The molecule has 51 heavy (non-hydrogen) atoms. The summed E-state index contributed by atoms with van der Waals surface area (Å²) >= 11 is 0. The molecule has 282 valence electrons. The van der Waals surface area contributed by atoms with Gasteiger partial charge in [0.15, 0.2) is 0 Å². The number of carbonyl (C=O) groups is 7. The molecule has 0 aromatic heterocycles. The summed E-state index contributed by atoms with van der Waals surface area (Å²) in [6.45, 7) is 19.1. The molecule has 0 saturated carbocycles. The average molecular weight is 711 g/mol. The Morgan fingerprint density at radius 3 is 1.94 bits per heavy atom. The lowest BCUT2D eigenvalue weighted by Gasteiger charge is -2.38. The highest BCUT2D eigenvalue weighted by atomic mass is 16.2. The molecule has 7 amide bonds. The summed E-state index contributed by atoms with van der Waals surface area (Å²) in [5.41, 5.74) is -0.751. The first-order valence-corrected chi connectivity index (χ1v) is 18.2. The summed E-state index contributed by atoms with van der Waals surface area (Å²) in [6.07, 6.45) is 2.20. The summed E-state index contributed by atoms with van der Waals surface area (Å²) in [6, 6.07) is 2.24. The number of carbonyl (C=O) groups excluding carboxylic acids is 7. The first-order chi connectivity index (χ1) is 23.7. The van der Waals surface area contributed by atoms with Gasteiger partial charge < -0.3 is 26.2 Å². The van der Waals surface area contributed by atoms with Crippen LogP contribution in [0.25, 0.3) is 0 Å². The van der Waals surface area contributed by atoms with Crippen LogP contribution in [0, 0.1) is 22.7 Å². The minimum absolute atomic E-state index is 0.0192. The summed E-state index contributed by atoms with van der Waals surface area (Å²) < 4.78 is 0. The lowest BCUT2D eigenvalue weighted by molar-refractivity contribution is -0.144. The molecule has 2 heterocycles. The van der Waals surface area contributed by atoms with Crippen LogP contribution in [-0.2, 0) is 19.2 Å². The molecule has 1 saturated heterocycles. The first kappa shape index (κ1) is 41.1. The third-order valence-electron chi connectivity index (χ3n) is 9.88. The number of amides is 7. The van der Waals surface area contributed by atoms with Gasteiger partial charge in [-0.1, -0.05) is 87.3 Å². The van der Waals surface area contributed by atoms with Gasteiger partial charge in [-0.25, -0.2) is 4.79 Å². The molecule has 2 aliphatic rings.